The Kier molecular flexibility index (Phi) is 9.02. The van der Waals surface area contributed by atoms with Crippen LogP contribution in [0.4, 0.5) is 0 Å². The second-order valence-corrected chi connectivity index (χ2v) is 8.71. The third kappa shape index (κ3) is 6.97. The molecule has 0 aromatic carbocycles. The molecule has 0 aromatic heterocycles. The first-order valence-electron chi connectivity index (χ1n) is 9.80. The Bertz CT molecular complexity index is 398. The van der Waals surface area contributed by atoms with Crippen molar-refractivity contribution in [3.8, 4) is 0 Å². The number of hydrogen-bond acceptors (Lipinski definition) is 5. The first-order valence-corrected chi connectivity index (χ1v) is 9.80. The van der Waals surface area contributed by atoms with Gasteiger partial charge in [-0.2, -0.15) is 5.06 Å². The molecule has 0 bridgehead atoms. The average molecular weight is 357 g/mol. The maximum Gasteiger partial charge on any atom is 0.121 e. The molecule has 5 heteroatoms. The minimum absolute atomic E-state index is 0.369. The topological polar surface area (TPSA) is 53.0 Å². The fraction of sp³-hybridized carbons (Fsp3) is 0.950. The Labute approximate surface area is 154 Å². The highest BCUT2D eigenvalue weighted by molar-refractivity contribution is 5.49. The number of likely N-dealkylation sites (N-methyl/N-ethyl adjacent to an activating group) is 1. The molecule has 0 radical (unpaired) electrons. The van der Waals surface area contributed by atoms with Gasteiger partial charge in [0, 0.05) is 26.1 Å². The minimum atomic E-state index is -0.822. The normalized spacial score (nSPS) is 26.0. The van der Waals surface area contributed by atoms with Gasteiger partial charge in [0.05, 0.1) is 7.11 Å². The SMILES string of the molecule is CON(CCC=O)CCN(C)C(C)(O)CC[C@@H]1[C@H](C)CCCC1(C)C. The van der Waals surface area contributed by atoms with Gasteiger partial charge in [-0.3, -0.25) is 4.90 Å². The van der Waals surface area contributed by atoms with Crippen LogP contribution in [0, 0.1) is 17.3 Å². The molecule has 0 heterocycles. The van der Waals surface area contributed by atoms with E-state index in [4.69, 9.17) is 4.84 Å². The van der Waals surface area contributed by atoms with E-state index in [0.717, 1.165) is 25.0 Å². The van der Waals surface area contributed by atoms with Gasteiger partial charge in [-0.1, -0.05) is 33.6 Å². The molecule has 0 spiro atoms. The van der Waals surface area contributed by atoms with Crippen LogP contribution in [0.25, 0.3) is 0 Å². The fourth-order valence-corrected chi connectivity index (χ4v) is 4.32. The Morgan fingerprint density at radius 3 is 2.56 bits per heavy atom. The number of hydrogen-bond donors (Lipinski definition) is 1. The maximum absolute atomic E-state index is 10.9. The zero-order chi connectivity index (χ0) is 19.1. The standard InChI is InChI=1S/C20H40N2O3/c1-17-9-7-11-19(2,3)18(17)10-12-20(4,24)21(5)14-15-22(25-6)13-8-16-23/h16-18,24H,7-15H2,1-6H3/t17-,18-,20?/m1/s1. The third-order valence-corrected chi connectivity index (χ3v) is 6.36. The van der Waals surface area contributed by atoms with Crippen molar-refractivity contribution in [2.75, 3.05) is 33.8 Å². The number of aldehydes is 1. The predicted molar refractivity (Wildman–Crippen MR) is 102 cm³/mol. The number of nitrogens with zero attached hydrogens (tertiary/aromatic N) is 2. The molecule has 0 amide bonds. The Morgan fingerprint density at radius 1 is 1.32 bits per heavy atom. The van der Waals surface area contributed by atoms with Crippen LogP contribution in [-0.4, -0.2) is 60.9 Å². The zero-order valence-corrected chi connectivity index (χ0v) is 17.3. The van der Waals surface area contributed by atoms with Crippen molar-refractivity contribution in [3.05, 3.63) is 0 Å². The van der Waals surface area contributed by atoms with Crippen LogP contribution in [0.1, 0.15) is 66.2 Å². The highest BCUT2D eigenvalue weighted by atomic mass is 16.7. The van der Waals surface area contributed by atoms with Crippen LogP contribution in [0.3, 0.4) is 0 Å². The van der Waals surface area contributed by atoms with Gasteiger partial charge in [0.25, 0.3) is 0 Å². The molecule has 25 heavy (non-hydrogen) atoms. The molecule has 0 aliphatic heterocycles. The summed E-state index contributed by atoms with van der Waals surface area (Å²) in [4.78, 5) is 17.8. The molecule has 0 aromatic rings. The molecule has 3 atom stereocenters. The summed E-state index contributed by atoms with van der Waals surface area (Å²) in [5.74, 6) is 1.40. The van der Waals surface area contributed by atoms with E-state index in [0.29, 0.717) is 37.4 Å². The van der Waals surface area contributed by atoms with Gasteiger partial charge in [-0.25, -0.2) is 0 Å². The lowest BCUT2D eigenvalue weighted by atomic mass is 9.62. The lowest BCUT2D eigenvalue weighted by Gasteiger charge is -2.45. The largest absolute Gasteiger partial charge is 0.376 e. The molecular weight excluding hydrogens is 316 g/mol. The highest BCUT2D eigenvalue weighted by Crippen LogP contribution is 2.46. The number of rotatable bonds is 11. The summed E-state index contributed by atoms with van der Waals surface area (Å²) in [7, 11) is 3.58. The minimum Gasteiger partial charge on any atom is -0.376 e. The molecule has 0 saturated heterocycles. The van der Waals surface area contributed by atoms with Crippen molar-refractivity contribution in [1.29, 1.82) is 0 Å². The van der Waals surface area contributed by atoms with E-state index in [1.165, 1.54) is 19.3 Å². The highest BCUT2D eigenvalue weighted by Gasteiger charge is 2.38. The van der Waals surface area contributed by atoms with Crippen molar-refractivity contribution in [2.45, 2.75) is 71.9 Å². The van der Waals surface area contributed by atoms with E-state index >= 15 is 0 Å². The van der Waals surface area contributed by atoms with Gasteiger partial charge in [-0.05, 0) is 50.5 Å². The molecule has 148 valence electrons. The summed E-state index contributed by atoms with van der Waals surface area (Å²) >= 11 is 0. The van der Waals surface area contributed by atoms with Crippen LogP contribution in [-0.2, 0) is 9.63 Å². The lowest BCUT2D eigenvalue weighted by Crippen LogP contribution is -2.48. The fourth-order valence-electron chi connectivity index (χ4n) is 4.32. The summed E-state index contributed by atoms with van der Waals surface area (Å²) in [5.41, 5.74) is -0.453. The summed E-state index contributed by atoms with van der Waals surface area (Å²) in [6, 6.07) is 0. The number of hydroxylamine groups is 2. The molecule has 1 saturated carbocycles. The van der Waals surface area contributed by atoms with Crippen molar-refractivity contribution in [1.82, 2.24) is 9.96 Å². The van der Waals surface area contributed by atoms with Crippen molar-refractivity contribution < 1.29 is 14.7 Å². The van der Waals surface area contributed by atoms with Gasteiger partial charge in [-0.15, -0.1) is 0 Å². The van der Waals surface area contributed by atoms with E-state index in [1.54, 1.807) is 12.2 Å². The second-order valence-electron chi connectivity index (χ2n) is 8.71. The Balaban J connectivity index is 2.51. The van der Waals surface area contributed by atoms with Crippen molar-refractivity contribution in [3.63, 3.8) is 0 Å². The molecule has 1 N–H and O–H groups in total. The van der Waals surface area contributed by atoms with E-state index < -0.39 is 5.72 Å². The number of aliphatic hydroxyl groups is 1. The number of carbonyl (C=O) groups is 1. The van der Waals surface area contributed by atoms with Gasteiger partial charge in [0.2, 0.25) is 0 Å². The van der Waals surface area contributed by atoms with Crippen LogP contribution >= 0.6 is 0 Å². The first kappa shape index (κ1) is 22.6. The van der Waals surface area contributed by atoms with Gasteiger partial charge in [0.1, 0.15) is 12.0 Å². The summed E-state index contributed by atoms with van der Waals surface area (Å²) in [6.45, 7) is 11.0. The summed E-state index contributed by atoms with van der Waals surface area (Å²) in [5, 5.41) is 12.7. The van der Waals surface area contributed by atoms with E-state index in [2.05, 4.69) is 20.8 Å². The van der Waals surface area contributed by atoms with E-state index in [9.17, 15) is 9.90 Å². The van der Waals surface area contributed by atoms with Gasteiger partial charge >= 0.3 is 0 Å². The number of carbonyl (C=O) groups excluding carboxylic acids is 1. The third-order valence-electron chi connectivity index (χ3n) is 6.36. The van der Waals surface area contributed by atoms with E-state index in [-0.39, 0.29) is 0 Å². The van der Waals surface area contributed by atoms with Crippen LogP contribution in [0.15, 0.2) is 0 Å². The Hall–Kier alpha value is -0.490. The first-order chi connectivity index (χ1) is 11.6. The van der Waals surface area contributed by atoms with Gasteiger partial charge in [0.15, 0.2) is 0 Å². The average Bonchev–Trinajstić information content (AvgIpc) is 2.53. The van der Waals surface area contributed by atoms with Crippen LogP contribution in [0.5, 0.6) is 0 Å². The Morgan fingerprint density at radius 2 is 2.00 bits per heavy atom. The predicted octanol–water partition coefficient (Wildman–Crippen LogP) is 3.32. The van der Waals surface area contributed by atoms with Crippen LogP contribution in [0.2, 0.25) is 0 Å². The van der Waals surface area contributed by atoms with Crippen molar-refractivity contribution >= 4 is 6.29 Å². The summed E-state index contributed by atoms with van der Waals surface area (Å²) in [6.07, 6.45) is 7.13. The molecular formula is C20H40N2O3. The molecule has 1 rings (SSSR count). The van der Waals surface area contributed by atoms with Crippen LogP contribution < -0.4 is 0 Å². The maximum atomic E-state index is 10.9. The molecule has 1 fully saturated rings. The smallest absolute Gasteiger partial charge is 0.121 e. The monoisotopic (exact) mass is 356 g/mol. The molecule has 1 unspecified atom stereocenters. The summed E-state index contributed by atoms with van der Waals surface area (Å²) < 4.78 is 0. The van der Waals surface area contributed by atoms with E-state index in [1.807, 2.05) is 18.9 Å². The molecule has 1 aliphatic carbocycles. The zero-order valence-electron chi connectivity index (χ0n) is 17.3. The second kappa shape index (κ2) is 10.0. The molecule has 5 nitrogen and oxygen atoms in total. The van der Waals surface area contributed by atoms with Gasteiger partial charge < -0.3 is 14.7 Å². The quantitative estimate of drug-likeness (QED) is 0.350. The van der Waals surface area contributed by atoms with Crippen molar-refractivity contribution in [2.24, 2.45) is 17.3 Å². The molecule has 1 aliphatic rings. The lowest BCUT2D eigenvalue weighted by molar-refractivity contribution is -0.151.